The predicted octanol–water partition coefficient (Wildman–Crippen LogP) is 5.91. The van der Waals surface area contributed by atoms with E-state index in [-0.39, 0.29) is 30.3 Å². The van der Waals surface area contributed by atoms with E-state index in [2.05, 4.69) is 24.1 Å². The number of carboxylic acids is 1. The quantitative estimate of drug-likeness (QED) is 0.320. The minimum absolute atomic E-state index is 0. The Morgan fingerprint density at radius 2 is 1.68 bits per heavy atom. The van der Waals surface area contributed by atoms with Gasteiger partial charge in [0, 0.05) is 17.8 Å². The van der Waals surface area contributed by atoms with Gasteiger partial charge in [-0.1, -0.05) is 57.5 Å². The molecular weight excluding hydrogens is 488 g/mol. The summed E-state index contributed by atoms with van der Waals surface area (Å²) < 4.78 is 0. The summed E-state index contributed by atoms with van der Waals surface area (Å²) in [5.74, 6) is -1.23. The van der Waals surface area contributed by atoms with Crippen LogP contribution >= 0.6 is 12.4 Å². The highest BCUT2D eigenvalue weighted by Gasteiger charge is 2.23. The van der Waals surface area contributed by atoms with Gasteiger partial charge in [0.2, 0.25) is 0 Å². The normalized spacial score (nSPS) is 10.8. The SMILES string of the molecule is CCc1cc(C(=O)Nc2c(C)nc(CC(C)C)c(CN)c2-c2ccc(C)cc2)nc(C(=O)O)c1CC.Cl. The molecule has 2 aromatic heterocycles. The van der Waals surface area contributed by atoms with Gasteiger partial charge in [-0.25, -0.2) is 9.78 Å². The average molecular weight is 525 g/mol. The van der Waals surface area contributed by atoms with E-state index >= 15 is 0 Å². The van der Waals surface area contributed by atoms with Gasteiger partial charge in [-0.15, -0.1) is 12.4 Å². The number of nitrogens with two attached hydrogens (primary N) is 1. The third kappa shape index (κ3) is 6.53. The highest BCUT2D eigenvalue weighted by molar-refractivity contribution is 6.06. The smallest absolute Gasteiger partial charge is 0.354 e. The molecule has 37 heavy (non-hydrogen) atoms. The van der Waals surface area contributed by atoms with Crippen molar-refractivity contribution in [1.29, 1.82) is 0 Å². The van der Waals surface area contributed by atoms with E-state index in [0.717, 1.165) is 39.9 Å². The van der Waals surface area contributed by atoms with Crippen LogP contribution in [0.25, 0.3) is 11.1 Å². The maximum atomic E-state index is 13.5. The molecule has 198 valence electrons. The number of carbonyl (C=O) groups excluding carboxylic acids is 1. The Kier molecular flexibility index (Phi) is 10.3. The fourth-order valence-electron chi connectivity index (χ4n) is 4.57. The van der Waals surface area contributed by atoms with E-state index in [9.17, 15) is 14.7 Å². The maximum Gasteiger partial charge on any atom is 0.354 e. The Hall–Kier alpha value is -3.29. The molecule has 0 unspecified atom stereocenters. The van der Waals surface area contributed by atoms with Gasteiger partial charge in [0.1, 0.15) is 5.69 Å². The molecule has 4 N–H and O–H groups in total. The molecule has 0 fully saturated rings. The second-order valence-electron chi connectivity index (χ2n) is 9.50. The van der Waals surface area contributed by atoms with Crippen molar-refractivity contribution in [2.45, 2.75) is 67.3 Å². The third-order valence-electron chi connectivity index (χ3n) is 6.34. The van der Waals surface area contributed by atoms with Gasteiger partial charge in [-0.05, 0) is 67.3 Å². The number of halogens is 1. The van der Waals surface area contributed by atoms with Crippen molar-refractivity contribution in [1.82, 2.24) is 9.97 Å². The summed E-state index contributed by atoms with van der Waals surface area (Å²) in [7, 11) is 0. The van der Waals surface area contributed by atoms with E-state index in [1.54, 1.807) is 6.07 Å². The first-order valence-corrected chi connectivity index (χ1v) is 12.5. The molecule has 0 saturated heterocycles. The first-order chi connectivity index (χ1) is 17.1. The van der Waals surface area contributed by atoms with E-state index in [1.165, 1.54) is 0 Å². The largest absolute Gasteiger partial charge is 0.477 e. The van der Waals surface area contributed by atoms with Crippen LogP contribution in [0.5, 0.6) is 0 Å². The zero-order chi connectivity index (χ0) is 26.6. The number of benzene rings is 1. The number of rotatable bonds is 9. The Labute approximate surface area is 225 Å². The lowest BCUT2D eigenvalue weighted by molar-refractivity contribution is 0.0689. The number of anilines is 1. The van der Waals surface area contributed by atoms with Crippen molar-refractivity contribution in [2.24, 2.45) is 11.7 Å². The number of nitrogens with zero attached hydrogens (tertiary/aromatic N) is 2. The maximum absolute atomic E-state index is 13.5. The van der Waals surface area contributed by atoms with Crippen molar-refractivity contribution in [3.8, 4) is 11.1 Å². The molecule has 3 aromatic rings. The van der Waals surface area contributed by atoms with Crippen molar-refractivity contribution in [3.05, 3.63) is 75.4 Å². The van der Waals surface area contributed by atoms with Crippen LogP contribution in [0.2, 0.25) is 0 Å². The monoisotopic (exact) mass is 524 g/mol. The number of amides is 1. The lowest BCUT2D eigenvalue weighted by atomic mass is 9.92. The minimum Gasteiger partial charge on any atom is -0.477 e. The molecule has 1 aromatic carbocycles. The molecule has 8 heteroatoms. The highest BCUT2D eigenvalue weighted by Crippen LogP contribution is 2.36. The van der Waals surface area contributed by atoms with Gasteiger partial charge in [-0.2, -0.15) is 0 Å². The van der Waals surface area contributed by atoms with Gasteiger partial charge >= 0.3 is 5.97 Å². The van der Waals surface area contributed by atoms with Crippen molar-refractivity contribution < 1.29 is 14.7 Å². The standard InChI is InChI=1S/C29H36N4O3.ClH/c1-7-19-14-24(32-27(29(35)36)21(19)8-2)28(34)33-26-18(6)31-23(13-16(3)4)22(15-30)25(26)20-11-9-17(5)10-12-20;/h9-12,14,16H,7-8,13,15,30H2,1-6H3,(H,33,34)(H,35,36);1H. The number of hydrogen-bond donors (Lipinski definition) is 3. The molecular formula is C29H37ClN4O3. The summed E-state index contributed by atoms with van der Waals surface area (Å²) >= 11 is 0. The zero-order valence-electron chi connectivity index (χ0n) is 22.4. The Morgan fingerprint density at radius 3 is 2.19 bits per heavy atom. The molecule has 3 rings (SSSR count). The second-order valence-corrected chi connectivity index (χ2v) is 9.50. The summed E-state index contributed by atoms with van der Waals surface area (Å²) in [4.78, 5) is 34.4. The number of pyridine rings is 2. The Bertz CT molecular complexity index is 1290. The Morgan fingerprint density at radius 1 is 1.03 bits per heavy atom. The molecule has 0 saturated carbocycles. The number of hydrogen-bond acceptors (Lipinski definition) is 5. The zero-order valence-corrected chi connectivity index (χ0v) is 23.3. The number of aromatic nitrogens is 2. The molecule has 7 nitrogen and oxygen atoms in total. The fourth-order valence-corrected chi connectivity index (χ4v) is 4.57. The number of aromatic carboxylic acids is 1. The van der Waals surface area contributed by atoms with Gasteiger partial charge < -0.3 is 16.2 Å². The molecule has 0 spiro atoms. The van der Waals surface area contributed by atoms with Gasteiger partial charge in [0.25, 0.3) is 5.91 Å². The van der Waals surface area contributed by atoms with E-state index in [1.807, 2.05) is 52.0 Å². The Balaban J connectivity index is 0.00000481. The molecule has 0 bridgehead atoms. The van der Waals surface area contributed by atoms with E-state index < -0.39 is 11.9 Å². The number of nitrogens with one attached hydrogen (secondary N) is 1. The van der Waals surface area contributed by atoms with E-state index in [4.69, 9.17) is 10.7 Å². The van der Waals surface area contributed by atoms with Crippen LogP contribution < -0.4 is 11.1 Å². The van der Waals surface area contributed by atoms with Crippen molar-refractivity contribution in [2.75, 3.05) is 5.32 Å². The number of aryl methyl sites for hydroxylation is 3. The van der Waals surface area contributed by atoms with Gasteiger partial charge in [0.05, 0.1) is 11.4 Å². The first kappa shape index (κ1) is 29.9. The van der Waals surface area contributed by atoms with E-state index in [0.29, 0.717) is 35.7 Å². The highest BCUT2D eigenvalue weighted by atomic mass is 35.5. The minimum atomic E-state index is -1.14. The van der Waals surface area contributed by atoms with Crippen LogP contribution in [-0.4, -0.2) is 27.0 Å². The van der Waals surface area contributed by atoms with Crippen LogP contribution in [0.4, 0.5) is 5.69 Å². The molecule has 0 radical (unpaired) electrons. The lowest BCUT2D eigenvalue weighted by Gasteiger charge is -2.21. The summed E-state index contributed by atoms with van der Waals surface area (Å²) in [6.07, 6.45) is 1.89. The summed E-state index contributed by atoms with van der Waals surface area (Å²) in [5.41, 5.74) is 13.6. The van der Waals surface area contributed by atoms with Crippen molar-refractivity contribution in [3.63, 3.8) is 0 Å². The summed E-state index contributed by atoms with van der Waals surface area (Å²) in [6.45, 7) is 12.3. The number of carbonyl (C=O) groups is 2. The van der Waals surface area contributed by atoms with Crippen LogP contribution in [0.1, 0.15) is 82.3 Å². The second kappa shape index (κ2) is 12.8. The molecule has 2 heterocycles. The molecule has 1 amide bonds. The lowest BCUT2D eigenvalue weighted by Crippen LogP contribution is -2.21. The van der Waals surface area contributed by atoms with Crippen LogP contribution in [-0.2, 0) is 25.8 Å². The molecule has 0 aliphatic carbocycles. The van der Waals surface area contributed by atoms with Gasteiger partial charge in [0.15, 0.2) is 5.69 Å². The molecule has 0 aliphatic heterocycles. The average Bonchev–Trinajstić information content (AvgIpc) is 2.84. The first-order valence-electron chi connectivity index (χ1n) is 12.5. The topological polar surface area (TPSA) is 118 Å². The van der Waals surface area contributed by atoms with Crippen molar-refractivity contribution >= 4 is 30.0 Å². The number of carboxylic acid groups (broad SMARTS) is 1. The fraction of sp³-hybridized carbons (Fsp3) is 0.379. The summed E-state index contributed by atoms with van der Waals surface area (Å²) in [6, 6.07) is 9.77. The third-order valence-corrected chi connectivity index (χ3v) is 6.34. The van der Waals surface area contributed by atoms with Crippen LogP contribution in [0.15, 0.2) is 30.3 Å². The van der Waals surface area contributed by atoms with Gasteiger partial charge in [-0.3, -0.25) is 9.78 Å². The molecule has 0 aliphatic rings. The van der Waals surface area contributed by atoms with Crippen LogP contribution in [0, 0.1) is 19.8 Å². The molecule has 0 atom stereocenters. The van der Waals surface area contributed by atoms with Crippen LogP contribution in [0.3, 0.4) is 0 Å². The predicted molar refractivity (Wildman–Crippen MR) is 151 cm³/mol. The summed E-state index contributed by atoms with van der Waals surface area (Å²) in [5, 5.41) is 12.7.